The summed E-state index contributed by atoms with van der Waals surface area (Å²) in [5.41, 5.74) is 4.62. The molecule has 0 fully saturated rings. The van der Waals surface area contributed by atoms with Gasteiger partial charge >= 0.3 is 0 Å². The van der Waals surface area contributed by atoms with Crippen LogP contribution >= 0.6 is 35.4 Å². The standard InChI is InChI=1S/C23H22Cl2N4OS/c24-17-10-16(11-18(25)22(17)30)15-6-7-19-20(12-15)28-21(13-27-19)29-23(31)26-9-8-14-4-2-1-3-5-14/h4,6-7,10-13,30H,1-3,5,8-9H2,(H2,26,28,29,31). The SMILES string of the molecule is Oc1c(Cl)cc(-c2ccc3ncc(NC(=S)NCCC4=CCCCC4)nc3c2)cc1Cl. The van der Waals surface area contributed by atoms with E-state index in [2.05, 4.69) is 26.7 Å². The van der Waals surface area contributed by atoms with Crippen LogP contribution in [0.25, 0.3) is 22.2 Å². The van der Waals surface area contributed by atoms with Crippen LogP contribution in [0.4, 0.5) is 5.82 Å². The van der Waals surface area contributed by atoms with Crippen molar-refractivity contribution in [1.29, 1.82) is 0 Å². The number of benzene rings is 2. The van der Waals surface area contributed by atoms with Crippen LogP contribution in [0.1, 0.15) is 32.1 Å². The number of rotatable bonds is 5. The van der Waals surface area contributed by atoms with Gasteiger partial charge in [-0.05, 0) is 79.7 Å². The summed E-state index contributed by atoms with van der Waals surface area (Å²) in [6.07, 6.45) is 9.98. The van der Waals surface area contributed by atoms with E-state index < -0.39 is 0 Å². The molecular formula is C23H22Cl2N4OS. The Balaban J connectivity index is 1.45. The van der Waals surface area contributed by atoms with Crippen molar-refractivity contribution in [3.63, 3.8) is 0 Å². The molecule has 0 aliphatic heterocycles. The lowest BCUT2D eigenvalue weighted by molar-refractivity contribution is 0.476. The van der Waals surface area contributed by atoms with Crippen molar-refractivity contribution in [2.45, 2.75) is 32.1 Å². The molecule has 0 saturated carbocycles. The number of aromatic nitrogens is 2. The summed E-state index contributed by atoms with van der Waals surface area (Å²) < 4.78 is 0. The number of aromatic hydroxyl groups is 1. The van der Waals surface area contributed by atoms with Crippen LogP contribution in [0, 0.1) is 0 Å². The smallest absolute Gasteiger partial charge is 0.171 e. The number of halogens is 2. The monoisotopic (exact) mass is 472 g/mol. The summed E-state index contributed by atoms with van der Waals surface area (Å²) in [6, 6.07) is 9.03. The highest BCUT2D eigenvalue weighted by Crippen LogP contribution is 2.36. The fourth-order valence-electron chi connectivity index (χ4n) is 3.61. The quantitative estimate of drug-likeness (QED) is 0.291. The normalized spacial score (nSPS) is 13.7. The number of hydrogen-bond donors (Lipinski definition) is 3. The van der Waals surface area contributed by atoms with E-state index in [0.29, 0.717) is 16.4 Å². The van der Waals surface area contributed by atoms with Gasteiger partial charge < -0.3 is 15.7 Å². The number of anilines is 1. The Morgan fingerprint density at radius 1 is 1.06 bits per heavy atom. The Labute approximate surface area is 196 Å². The number of hydrogen-bond acceptors (Lipinski definition) is 4. The first-order chi connectivity index (χ1) is 15.0. The fraction of sp³-hybridized carbons (Fsp3) is 0.261. The van der Waals surface area contributed by atoms with Gasteiger partial charge in [-0.2, -0.15) is 0 Å². The van der Waals surface area contributed by atoms with Crippen LogP contribution in [0.5, 0.6) is 5.75 Å². The van der Waals surface area contributed by atoms with Crippen LogP contribution in [0.2, 0.25) is 10.0 Å². The van der Waals surface area contributed by atoms with Gasteiger partial charge in [0.05, 0.1) is 27.3 Å². The lowest BCUT2D eigenvalue weighted by Gasteiger charge is -2.14. The molecule has 1 aliphatic carbocycles. The minimum absolute atomic E-state index is 0.125. The number of fused-ring (bicyclic) bond motifs is 1. The average Bonchev–Trinajstić information content (AvgIpc) is 2.77. The van der Waals surface area contributed by atoms with E-state index in [1.165, 1.54) is 31.3 Å². The summed E-state index contributed by atoms with van der Waals surface area (Å²) in [6.45, 7) is 0.797. The highest BCUT2D eigenvalue weighted by atomic mass is 35.5. The summed E-state index contributed by atoms with van der Waals surface area (Å²) >= 11 is 17.5. The number of nitrogens with zero attached hydrogens (tertiary/aromatic N) is 2. The van der Waals surface area contributed by atoms with Crippen molar-refractivity contribution in [3.8, 4) is 16.9 Å². The summed E-state index contributed by atoms with van der Waals surface area (Å²) in [5, 5.41) is 17.1. The van der Waals surface area contributed by atoms with Crippen molar-refractivity contribution in [2.75, 3.05) is 11.9 Å². The molecule has 0 atom stereocenters. The van der Waals surface area contributed by atoms with Crippen LogP contribution in [0.3, 0.4) is 0 Å². The maximum Gasteiger partial charge on any atom is 0.171 e. The van der Waals surface area contributed by atoms with Crippen molar-refractivity contribution in [2.24, 2.45) is 0 Å². The minimum Gasteiger partial charge on any atom is -0.505 e. The highest BCUT2D eigenvalue weighted by Gasteiger charge is 2.10. The first kappa shape index (κ1) is 21.8. The third-order valence-corrected chi connectivity index (χ3v) is 6.07. The zero-order chi connectivity index (χ0) is 21.8. The Kier molecular flexibility index (Phi) is 6.90. The highest BCUT2D eigenvalue weighted by molar-refractivity contribution is 7.80. The molecule has 5 nitrogen and oxygen atoms in total. The van der Waals surface area contributed by atoms with Crippen LogP contribution in [-0.2, 0) is 0 Å². The molecule has 31 heavy (non-hydrogen) atoms. The van der Waals surface area contributed by atoms with Gasteiger partial charge in [0.1, 0.15) is 0 Å². The minimum atomic E-state index is -0.125. The zero-order valence-corrected chi connectivity index (χ0v) is 19.1. The van der Waals surface area contributed by atoms with E-state index in [4.69, 9.17) is 35.4 Å². The molecule has 0 unspecified atom stereocenters. The van der Waals surface area contributed by atoms with E-state index in [9.17, 15) is 5.11 Å². The number of nitrogens with one attached hydrogen (secondary N) is 2. The fourth-order valence-corrected chi connectivity index (χ4v) is 4.31. The van der Waals surface area contributed by atoms with Gasteiger partial charge in [0.2, 0.25) is 0 Å². The molecule has 8 heteroatoms. The average molecular weight is 473 g/mol. The number of thiocarbonyl (C=S) groups is 1. The molecule has 1 aromatic heterocycles. The molecule has 0 bridgehead atoms. The Bertz CT molecular complexity index is 1140. The maximum atomic E-state index is 9.79. The van der Waals surface area contributed by atoms with Gasteiger partial charge in [0, 0.05) is 6.54 Å². The molecule has 2 aromatic carbocycles. The van der Waals surface area contributed by atoms with Gasteiger partial charge in [-0.25, -0.2) is 4.98 Å². The number of phenols is 1. The molecule has 1 aliphatic rings. The van der Waals surface area contributed by atoms with Crippen molar-refractivity contribution >= 4 is 57.4 Å². The van der Waals surface area contributed by atoms with Gasteiger partial charge in [-0.15, -0.1) is 0 Å². The Morgan fingerprint density at radius 3 is 2.61 bits per heavy atom. The summed E-state index contributed by atoms with van der Waals surface area (Å²) in [7, 11) is 0. The van der Waals surface area contributed by atoms with E-state index in [1.54, 1.807) is 18.3 Å². The first-order valence-corrected chi connectivity index (χ1v) is 11.3. The molecule has 0 radical (unpaired) electrons. The van der Waals surface area contributed by atoms with E-state index >= 15 is 0 Å². The summed E-state index contributed by atoms with van der Waals surface area (Å²) in [4.78, 5) is 9.09. The molecule has 3 N–H and O–H groups in total. The third kappa shape index (κ3) is 5.45. The maximum absolute atomic E-state index is 9.79. The second kappa shape index (κ2) is 9.81. The molecular weight excluding hydrogens is 451 g/mol. The largest absolute Gasteiger partial charge is 0.505 e. The van der Waals surface area contributed by atoms with E-state index in [-0.39, 0.29) is 15.8 Å². The second-order valence-corrected chi connectivity index (χ2v) is 8.71. The second-order valence-electron chi connectivity index (χ2n) is 7.49. The Hall–Kier alpha value is -2.41. The molecule has 0 spiro atoms. The topological polar surface area (TPSA) is 70.1 Å². The first-order valence-electron chi connectivity index (χ1n) is 10.2. The van der Waals surface area contributed by atoms with Gasteiger partial charge in [0.15, 0.2) is 16.7 Å². The Morgan fingerprint density at radius 2 is 1.87 bits per heavy atom. The lowest BCUT2D eigenvalue weighted by Crippen LogP contribution is -2.30. The third-order valence-electron chi connectivity index (χ3n) is 5.25. The molecule has 160 valence electrons. The van der Waals surface area contributed by atoms with Gasteiger partial charge in [-0.3, -0.25) is 4.98 Å². The van der Waals surface area contributed by atoms with Crippen molar-refractivity contribution in [1.82, 2.24) is 15.3 Å². The van der Waals surface area contributed by atoms with Gasteiger partial charge in [-0.1, -0.05) is 40.9 Å². The summed E-state index contributed by atoms with van der Waals surface area (Å²) in [5.74, 6) is 0.445. The zero-order valence-electron chi connectivity index (χ0n) is 16.8. The molecule has 1 heterocycles. The molecule has 3 aromatic rings. The van der Waals surface area contributed by atoms with E-state index in [0.717, 1.165) is 29.6 Å². The molecule has 4 rings (SSSR count). The molecule has 0 saturated heterocycles. The molecule has 0 amide bonds. The van der Waals surface area contributed by atoms with Crippen LogP contribution in [0.15, 0.2) is 48.2 Å². The predicted molar refractivity (Wildman–Crippen MR) is 132 cm³/mol. The number of phenolic OH excluding ortho intramolecular Hbond substituents is 1. The van der Waals surface area contributed by atoms with E-state index in [1.807, 2.05) is 18.2 Å². The van der Waals surface area contributed by atoms with Crippen LogP contribution < -0.4 is 10.6 Å². The van der Waals surface area contributed by atoms with Crippen molar-refractivity contribution < 1.29 is 5.11 Å². The number of allylic oxidation sites excluding steroid dienone is 1. The van der Waals surface area contributed by atoms with Crippen LogP contribution in [-0.4, -0.2) is 26.7 Å². The lowest BCUT2D eigenvalue weighted by atomic mass is 9.97. The predicted octanol–water partition coefficient (Wildman–Crippen LogP) is 6.49. The van der Waals surface area contributed by atoms with Gasteiger partial charge in [0.25, 0.3) is 0 Å². The van der Waals surface area contributed by atoms with Crippen molar-refractivity contribution in [3.05, 3.63) is 58.2 Å².